The predicted octanol–water partition coefficient (Wildman–Crippen LogP) is 2.17. The first-order valence-corrected chi connectivity index (χ1v) is 7.23. The van der Waals surface area contributed by atoms with Crippen LogP contribution in [0.4, 0.5) is 0 Å². The lowest BCUT2D eigenvalue weighted by molar-refractivity contribution is -0.145. The molecule has 18 heavy (non-hydrogen) atoms. The minimum Gasteiger partial charge on any atom is -0.480 e. The minimum atomic E-state index is -1.00. The van der Waals surface area contributed by atoms with Gasteiger partial charge in [0.1, 0.15) is 5.54 Å². The van der Waals surface area contributed by atoms with E-state index >= 15 is 0 Å². The Balaban J connectivity index is 1.67. The highest BCUT2D eigenvalue weighted by atomic mass is 16.5. The largest absolute Gasteiger partial charge is 0.480 e. The first-order valence-electron chi connectivity index (χ1n) is 7.23. The van der Waals surface area contributed by atoms with Crippen LogP contribution in [0.2, 0.25) is 0 Å². The fraction of sp³-hybridized carbons (Fsp3) is 0.929. The van der Waals surface area contributed by atoms with Gasteiger partial charge in [-0.05, 0) is 43.9 Å². The second-order valence-corrected chi connectivity index (χ2v) is 5.95. The predicted molar refractivity (Wildman–Crippen MR) is 69.3 cm³/mol. The zero-order valence-electron chi connectivity index (χ0n) is 11.1. The fourth-order valence-corrected chi connectivity index (χ4v) is 3.44. The van der Waals surface area contributed by atoms with Gasteiger partial charge in [0.05, 0.1) is 0 Å². The molecule has 0 spiro atoms. The molecule has 2 fully saturated rings. The van der Waals surface area contributed by atoms with E-state index in [2.05, 4.69) is 0 Å². The van der Waals surface area contributed by atoms with Crippen molar-refractivity contribution in [1.82, 2.24) is 0 Å². The van der Waals surface area contributed by atoms with E-state index in [1.54, 1.807) is 0 Å². The number of rotatable bonds is 6. The molecule has 2 atom stereocenters. The van der Waals surface area contributed by atoms with Gasteiger partial charge >= 0.3 is 5.97 Å². The van der Waals surface area contributed by atoms with Crippen molar-refractivity contribution in [2.45, 2.75) is 56.9 Å². The Labute approximate surface area is 109 Å². The molecule has 0 radical (unpaired) electrons. The van der Waals surface area contributed by atoms with E-state index in [1.165, 1.54) is 25.7 Å². The van der Waals surface area contributed by atoms with Gasteiger partial charge in [-0.25, -0.2) is 0 Å². The Morgan fingerprint density at radius 1 is 1.28 bits per heavy atom. The summed E-state index contributed by atoms with van der Waals surface area (Å²) in [5.74, 6) is -0.0324. The number of ether oxygens (including phenoxy) is 1. The topological polar surface area (TPSA) is 72.6 Å². The maximum absolute atomic E-state index is 11.2. The van der Waals surface area contributed by atoms with Gasteiger partial charge in [0.2, 0.25) is 0 Å². The first-order chi connectivity index (χ1) is 8.63. The van der Waals surface area contributed by atoms with Crippen LogP contribution >= 0.6 is 0 Å². The molecule has 2 rings (SSSR count). The summed E-state index contributed by atoms with van der Waals surface area (Å²) in [6.07, 6.45) is 8.50. The number of carbonyl (C=O) groups is 1. The average molecular weight is 255 g/mol. The van der Waals surface area contributed by atoms with Crippen LogP contribution < -0.4 is 5.73 Å². The fourth-order valence-electron chi connectivity index (χ4n) is 3.44. The molecule has 0 aromatic carbocycles. The summed E-state index contributed by atoms with van der Waals surface area (Å²) in [5.41, 5.74) is 4.99. The molecule has 104 valence electrons. The Morgan fingerprint density at radius 2 is 2.00 bits per heavy atom. The Kier molecular flexibility index (Phi) is 4.62. The lowest BCUT2D eigenvalue weighted by Crippen LogP contribution is -2.51. The van der Waals surface area contributed by atoms with Crippen LogP contribution in [0.1, 0.15) is 51.4 Å². The first kappa shape index (κ1) is 13.8. The van der Waals surface area contributed by atoms with Crippen LogP contribution in [0.15, 0.2) is 0 Å². The zero-order valence-corrected chi connectivity index (χ0v) is 11.1. The van der Waals surface area contributed by atoms with Crippen molar-refractivity contribution in [3.8, 4) is 0 Å². The third kappa shape index (κ3) is 3.04. The summed E-state index contributed by atoms with van der Waals surface area (Å²) in [6.45, 7) is 1.50. The van der Waals surface area contributed by atoms with Crippen molar-refractivity contribution in [2.75, 3.05) is 13.2 Å². The van der Waals surface area contributed by atoms with Crippen molar-refractivity contribution in [3.63, 3.8) is 0 Å². The third-order valence-electron chi connectivity index (χ3n) is 4.71. The summed E-state index contributed by atoms with van der Waals surface area (Å²) < 4.78 is 5.70. The van der Waals surface area contributed by atoms with Crippen molar-refractivity contribution in [2.24, 2.45) is 17.6 Å². The standard InChI is InChI=1S/C14H25NO3/c15-14(13(16)17)8-3-6-12(14)7-9-18-10-11-4-1-2-5-11/h11-12H,1-10,15H2,(H,16,17). The number of nitrogens with two attached hydrogens (primary N) is 1. The normalized spacial score (nSPS) is 33.1. The monoisotopic (exact) mass is 255 g/mol. The lowest BCUT2D eigenvalue weighted by atomic mass is 9.86. The molecule has 0 aromatic rings. The number of carboxylic acids is 1. The number of carboxylic acid groups (broad SMARTS) is 1. The highest BCUT2D eigenvalue weighted by Gasteiger charge is 2.45. The van der Waals surface area contributed by atoms with Crippen LogP contribution in [0, 0.1) is 11.8 Å². The van der Waals surface area contributed by atoms with Crippen LogP contribution in [0.25, 0.3) is 0 Å². The Hall–Kier alpha value is -0.610. The molecule has 0 amide bonds. The molecule has 2 saturated carbocycles. The van der Waals surface area contributed by atoms with Gasteiger partial charge < -0.3 is 15.6 Å². The molecule has 0 aromatic heterocycles. The molecule has 0 heterocycles. The second-order valence-electron chi connectivity index (χ2n) is 5.95. The summed E-state index contributed by atoms with van der Waals surface area (Å²) in [7, 11) is 0. The van der Waals surface area contributed by atoms with Crippen LogP contribution in [-0.2, 0) is 9.53 Å². The van der Waals surface area contributed by atoms with Gasteiger partial charge in [-0.3, -0.25) is 4.79 Å². The van der Waals surface area contributed by atoms with E-state index in [1.807, 2.05) is 0 Å². The third-order valence-corrected chi connectivity index (χ3v) is 4.71. The molecule has 0 bridgehead atoms. The summed E-state index contributed by atoms with van der Waals surface area (Å²) in [4.78, 5) is 11.2. The molecular weight excluding hydrogens is 230 g/mol. The lowest BCUT2D eigenvalue weighted by Gasteiger charge is -2.26. The smallest absolute Gasteiger partial charge is 0.323 e. The Bertz CT molecular complexity index is 289. The van der Waals surface area contributed by atoms with Crippen LogP contribution in [0.5, 0.6) is 0 Å². The molecule has 2 aliphatic rings. The maximum Gasteiger partial charge on any atom is 0.323 e. The van der Waals surface area contributed by atoms with Gasteiger partial charge in [-0.2, -0.15) is 0 Å². The van der Waals surface area contributed by atoms with Gasteiger partial charge in [-0.1, -0.05) is 19.3 Å². The van der Waals surface area contributed by atoms with Crippen molar-refractivity contribution >= 4 is 5.97 Å². The number of hydrogen-bond donors (Lipinski definition) is 2. The molecular formula is C14H25NO3. The van der Waals surface area contributed by atoms with Crippen molar-refractivity contribution in [3.05, 3.63) is 0 Å². The Morgan fingerprint density at radius 3 is 2.67 bits per heavy atom. The quantitative estimate of drug-likeness (QED) is 0.713. The maximum atomic E-state index is 11.2. The SMILES string of the molecule is NC1(C(=O)O)CCCC1CCOCC1CCCC1. The second kappa shape index (κ2) is 6.02. The van der Waals surface area contributed by atoms with E-state index < -0.39 is 11.5 Å². The van der Waals surface area contributed by atoms with Gasteiger partial charge in [-0.15, -0.1) is 0 Å². The highest BCUT2D eigenvalue weighted by Crippen LogP contribution is 2.36. The van der Waals surface area contributed by atoms with Gasteiger partial charge in [0.25, 0.3) is 0 Å². The molecule has 4 heteroatoms. The average Bonchev–Trinajstić information content (AvgIpc) is 2.95. The molecule has 0 aliphatic heterocycles. The van der Waals surface area contributed by atoms with E-state index in [-0.39, 0.29) is 5.92 Å². The summed E-state index contributed by atoms with van der Waals surface area (Å²) in [5, 5.41) is 9.21. The molecule has 4 nitrogen and oxygen atoms in total. The summed E-state index contributed by atoms with van der Waals surface area (Å²) >= 11 is 0. The van der Waals surface area contributed by atoms with Crippen molar-refractivity contribution in [1.29, 1.82) is 0 Å². The molecule has 3 N–H and O–H groups in total. The van der Waals surface area contributed by atoms with E-state index in [0.717, 1.165) is 31.8 Å². The zero-order chi connectivity index (χ0) is 13.0. The van der Waals surface area contributed by atoms with Gasteiger partial charge in [0, 0.05) is 13.2 Å². The van der Waals surface area contributed by atoms with Crippen LogP contribution in [-0.4, -0.2) is 29.8 Å². The van der Waals surface area contributed by atoms with E-state index in [4.69, 9.17) is 10.5 Å². The molecule has 2 aliphatic carbocycles. The molecule has 2 unspecified atom stereocenters. The highest BCUT2D eigenvalue weighted by molar-refractivity contribution is 5.79. The van der Waals surface area contributed by atoms with E-state index in [0.29, 0.717) is 13.0 Å². The van der Waals surface area contributed by atoms with Gasteiger partial charge in [0.15, 0.2) is 0 Å². The van der Waals surface area contributed by atoms with E-state index in [9.17, 15) is 9.90 Å². The summed E-state index contributed by atoms with van der Waals surface area (Å²) in [6, 6.07) is 0. The molecule has 0 saturated heterocycles. The number of aliphatic carboxylic acids is 1. The van der Waals surface area contributed by atoms with Crippen LogP contribution in [0.3, 0.4) is 0 Å². The number of hydrogen-bond acceptors (Lipinski definition) is 3. The minimum absolute atomic E-state index is 0.0820. The van der Waals surface area contributed by atoms with Crippen molar-refractivity contribution < 1.29 is 14.6 Å².